The van der Waals surface area contributed by atoms with E-state index in [1.54, 1.807) is 0 Å². The van der Waals surface area contributed by atoms with Crippen molar-refractivity contribution in [2.45, 2.75) is 32.2 Å². The highest BCUT2D eigenvalue weighted by atomic mass is 16.3. The van der Waals surface area contributed by atoms with Gasteiger partial charge in [-0.2, -0.15) is 0 Å². The molecule has 0 saturated heterocycles. The molecule has 0 amide bonds. The second-order valence-electron chi connectivity index (χ2n) is 6.03. The highest BCUT2D eigenvalue weighted by Crippen LogP contribution is 2.36. The van der Waals surface area contributed by atoms with Gasteiger partial charge < -0.3 is 15.3 Å². The first-order chi connectivity index (χ1) is 9.15. The zero-order chi connectivity index (χ0) is 13.7. The maximum Gasteiger partial charge on any atom is 0.0499 e. The van der Waals surface area contributed by atoms with Gasteiger partial charge in [0.2, 0.25) is 0 Å². The number of aliphatic hydroxyl groups excluding tert-OH is 1. The summed E-state index contributed by atoms with van der Waals surface area (Å²) in [5.41, 5.74) is 2.67. The lowest BCUT2D eigenvalue weighted by atomic mass is 9.87. The van der Waals surface area contributed by atoms with Crippen molar-refractivity contribution >= 4 is 5.69 Å². The van der Waals surface area contributed by atoms with Crippen molar-refractivity contribution in [3.05, 3.63) is 29.8 Å². The fourth-order valence-corrected chi connectivity index (χ4v) is 2.90. The van der Waals surface area contributed by atoms with E-state index in [1.807, 2.05) is 0 Å². The topological polar surface area (TPSA) is 35.5 Å². The number of rotatable bonds is 6. The van der Waals surface area contributed by atoms with E-state index in [4.69, 9.17) is 0 Å². The van der Waals surface area contributed by atoms with Crippen molar-refractivity contribution in [3.8, 4) is 0 Å². The minimum atomic E-state index is 0.142. The maximum atomic E-state index is 9.57. The summed E-state index contributed by atoms with van der Waals surface area (Å²) < 4.78 is 0. The molecule has 0 spiro atoms. The molecule has 1 aromatic carbocycles. The van der Waals surface area contributed by atoms with Crippen LogP contribution >= 0.6 is 0 Å². The quantitative estimate of drug-likeness (QED) is 0.826. The van der Waals surface area contributed by atoms with Gasteiger partial charge in [0.1, 0.15) is 0 Å². The fourth-order valence-electron chi connectivity index (χ4n) is 2.90. The lowest BCUT2D eigenvalue weighted by Gasteiger charge is -2.26. The third-order valence-electron chi connectivity index (χ3n) is 4.28. The normalized spacial score (nSPS) is 17.6. The van der Waals surface area contributed by atoms with Crippen LogP contribution in [0.2, 0.25) is 0 Å². The minimum absolute atomic E-state index is 0.142. The van der Waals surface area contributed by atoms with Gasteiger partial charge >= 0.3 is 0 Å². The Labute approximate surface area is 116 Å². The van der Waals surface area contributed by atoms with Crippen LogP contribution < -0.4 is 10.2 Å². The largest absolute Gasteiger partial charge is 0.396 e. The monoisotopic (exact) mass is 262 g/mol. The molecule has 3 nitrogen and oxygen atoms in total. The molecule has 0 aliphatic heterocycles. The van der Waals surface area contributed by atoms with Crippen LogP contribution in [0, 0.1) is 5.41 Å². The van der Waals surface area contributed by atoms with Gasteiger partial charge in [0.15, 0.2) is 0 Å². The summed E-state index contributed by atoms with van der Waals surface area (Å²) in [6.07, 6.45) is 4.85. The number of nitrogens with one attached hydrogen (secondary N) is 1. The Hall–Kier alpha value is -1.06. The zero-order valence-electron chi connectivity index (χ0n) is 12.2. The number of hydrogen-bond donors (Lipinski definition) is 2. The average Bonchev–Trinajstić information content (AvgIpc) is 2.89. The number of benzene rings is 1. The minimum Gasteiger partial charge on any atom is -0.396 e. The van der Waals surface area contributed by atoms with Crippen LogP contribution in [0.15, 0.2) is 24.3 Å². The standard InChI is InChI=1S/C16H26N2O/c1-18(2)15-7-5-14(6-8-15)11-17-12-16(13-19)9-3-4-10-16/h5-8,17,19H,3-4,9-13H2,1-2H3. The van der Waals surface area contributed by atoms with E-state index < -0.39 is 0 Å². The number of hydrogen-bond acceptors (Lipinski definition) is 3. The van der Waals surface area contributed by atoms with E-state index in [1.165, 1.54) is 24.1 Å². The predicted molar refractivity (Wildman–Crippen MR) is 80.5 cm³/mol. The average molecular weight is 262 g/mol. The van der Waals surface area contributed by atoms with Crippen LogP contribution in [0.5, 0.6) is 0 Å². The summed E-state index contributed by atoms with van der Waals surface area (Å²) in [5, 5.41) is 13.1. The highest BCUT2D eigenvalue weighted by molar-refractivity contribution is 5.45. The third-order valence-corrected chi connectivity index (χ3v) is 4.28. The molecule has 1 aliphatic rings. The summed E-state index contributed by atoms with van der Waals surface area (Å²) in [6.45, 7) is 2.13. The molecule has 2 rings (SSSR count). The van der Waals surface area contributed by atoms with Crippen LogP contribution in [-0.4, -0.2) is 32.4 Å². The molecule has 2 N–H and O–H groups in total. The summed E-state index contributed by atoms with van der Waals surface area (Å²) in [5.74, 6) is 0. The van der Waals surface area contributed by atoms with Gasteiger partial charge in [0, 0.05) is 44.9 Å². The van der Waals surface area contributed by atoms with E-state index in [2.05, 4.69) is 48.6 Å². The Morgan fingerprint density at radius 2 is 1.79 bits per heavy atom. The second-order valence-corrected chi connectivity index (χ2v) is 6.03. The summed E-state index contributed by atoms with van der Waals surface area (Å²) in [6, 6.07) is 8.63. The Morgan fingerprint density at radius 1 is 1.16 bits per heavy atom. The van der Waals surface area contributed by atoms with Crippen LogP contribution in [0.1, 0.15) is 31.2 Å². The molecule has 1 aliphatic carbocycles. The van der Waals surface area contributed by atoms with Gasteiger partial charge in [-0.3, -0.25) is 0 Å². The van der Waals surface area contributed by atoms with Crippen molar-refractivity contribution in [1.82, 2.24) is 5.32 Å². The number of nitrogens with zero attached hydrogens (tertiary/aromatic N) is 1. The molecule has 0 bridgehead atoms. The Bertz CT molecular complexity index is 380. The first-order valence-electron chi connectivity index (χ1n) is 7.23. The Balaban J connectivity index is 1.82. The Morgan fingerprint density at radius 3 is 2.32 bits per heavy atom. The van der Waals surface area contributed by atoms with Gasteiger partial charge in [-0.1, -0.05) is 25.0 Å². The van der Waals surface area contributed by atoms with E-state index >= 15 is 0 Å². The van der Waals surface area contributed by atoms with Gasteiger partial charge in [0.25, 0.3) is 0 Å². The van der Waals surface area contributed by atoms with E-state index in [-0.39, 0.29) is 5.41 Å². The molecule has 0 unspecified atom stereocenters. The van der Waals surface area contributed by atoms with Crippen molar-refractivity contribution < 1.29 is 5.11 Å². The predicted octanol–water partition coefficient (Wildman–Crippen LogP) is 2.39. The van der Waals surface area contributed by atoms with Gasteiger partial charge in [-0.05, 0) is 30.5 Å². The molecule has 106 valence electrons. The lowest BCUT2D eigenvalue weighted by Crippen LogP contribution is -2.34. The molecule has 0 radical (unpaired) electrons. The van der Waals surface area contributed by atoms with E-state index in [0.717, 1.165) is 25.9 Å². The van der Waals surface area contributed by atoms with E-state index in [9.17, 15) is 5.11 Å². The SMILES string of the molecule is CN(C)c1ccc(CNCC2(CO)CCCC2)cc1. The number of aliphatic hydroxyl groups is 1. The smallest absolute Gasteiger partial charge is 0.0499 e. The second kappa shape index (κ2) is 6.40. The molecule has 0 heterocycles. The lowest BCUT2D eigenvalue weighted by molar-refractivity contribution is 0.128. The van der Waals surface area contributed by atoms with Crippen LogP contribution in [-0.2, 0) is 6.54 Å². The molecular weight excluding hydrogens is 236 g/mol. The molecular formula is C16H26N2O. The van der Waals surface area contributed by atoms with Crippen molar-refractivity contribution in [3.63, 3.8) is 0 Å². The van der Waals surface area contributed by atoms with Crippen LogP contribution in [0.4, 0.5) is 5.69 Å². The van der Waals surface area contributed by atoms with Crippen LogP contribution in [0.3, 0.4) is 0 Å². The van der Waals surface area contributed by atoms with Gasteiger partial charge in [-0.15, -0.1) is 0 Å². The molecule has 1 aromatic rings. The molecule has 1 saturated carbocycles. The summed E-state index contributed by atoms with van der Waals surface area (Å²) in [4.78, 5) is 2.11. The first kappa shape index (κ1) is 14.4. The maximum absolute atomic E-state index is 9.57. The van der Waals surface area contributed by atoms with E-state index in [0.29, 0.717) is 6.61 Å². The first-order valence-corrected chi connectivity index (χ1v) is 7.23. The zero-order valence-corrected chi connectivity index (χ0v) is 12.2. The van der Waals surface area contributed by atoms with Gasteiger partial charge in [0.05, 0.1) is 0 Å². The van der Waals surface area contributed by atoms with Crippen LogP contribution in [0.25, 0.3) is 0 Å². The fraction of sp³-hybridized carbons (Fsp3) is 0.625. The summed E-state index contributed by atoms with van der Waals surface area (Å²) in [7, 11) is 4.11. The Kier molecular flexibility index (Phi) is 4.83. The molecule has 0 atom stereocenters. The molecule has 19 heavy (non-hydrogen) atoms. The highest BCUT2D eigenvalue weighted by Gasteiger charge is 2.32. The molecule has 0 aromatic heterocycles. The molecule has 3 heteroatoms. The van der Waals surface area contributed by atoms with Crippen molar-refractivity contribution in [2.24, 2.45) is 5.41 Å². The molecule has 1 fully saturated rings. The van der Waals surface area contributed by atoms with Crippen molar-refractivity contribution in [2.75, 3.05) is 32.1 Å². The summed E-state index contributed by atoms with van der Waals surface area (Å²) >= 11 is 0. The van der Waals surface area contributed by atoms with Crippen molar-refractivity contribution in [1.29, 1.82) is 0 Å². The number of anilines is 1. The third kappa shape index (κ3) is 3.71. The van der Waals surface area contributed by atoms with Gasteiger partial charge in [-0.25, -0.2) is 0 Å².